The van der Waals surface area contributed by atoms with Gasteiger partial charge < -0.3 is 5.32 Å². The molecule has 164 valence electrons. The van der Waals surface area contributed by atoms with Gasteiger partial charge in [-0.25, -0.2) is 9.38 Å². The van der Waals surface area contributed by atoms with Gasteiger partial charge in [-0.1, -0.05) is 18.5 Å². The summed E-state index contributed by atoms with van der Waals surface area (Å²) in [6.45, 7) is 3.71. The Morgan fingerprint density at radius 1 is 1.26 bits per heavy atom. The van der Waals surface area contributed by atoms with Gasteiger partial charge in [0, 0.05) is 10.9 Å². The maximum atomic E-state index is 13.7. The predicted octanol–water partition coefficient (Wildman–Crippen LogP) is 5.37. The Morgan fingerprint density at radius 3 is 2.65 bits per heavy atom. The zero-order chi connectivity index (χ0) is 22.8. The number of guanidine groups is 1. The third-order valence-corrected chi connectivity index (χ3v) is 4.79. The molecule has 0 saturated heterocycles. The Kier molecular flexibility index (Phi) is 6.49. The number of amides is 1. The summed E-state index contributed by atoms with van der Waals surface area (Å²) < 4.78 is 52.5. The summed E-state index contributed by atoms with van der Waals surface area (Å²) in [5.74, 6) is -1.21. The normalized spacial score (nSPS) is 13.3. The van der Waals surface area contributed by atoms with Crippen molar-refractivity contribution >= 4 is 40.2 Å². The number of aliphatic imine (C=N–C) groups is 1. The van der Waals surface area contributed by atoms with Crippen LogP contribution in [0.5, 0.6) is 0 Å². The maximum absolute atomic E-state index is 13.7. The lowest BCUT2D eigenvalue weighted by Gasteiger charge is -2.13. The van der Waals surface area contributed by atoms with E-state index in [4.69, 9.17) is 11.6 Å². The summed E-state index contributed by atoms with van der Waals surface area (Å²) in [4.78, 5) is 16.9. The number of benzene rings is 2. The van der Waals surface area contributed by atoms with Crippen LogP contribution in [0.15, 0.2) is 41.4 Å². The van der Waals surface area contributed by atoms with E-state index in [0.29, 0.717) is 11.8 Å². The highest BCUT2D eigenvalue weighted by Crippen LogP contribution is 2.32. The van der Waals surface area contributed by atoms with Gasteiger partial charge in [0.25, 0.3) is 5.91 Å². The fourth-order valence-electron chi connectivity index (χ4n) is 2.63. The van der Waals surface area contributed by atoms with Gasteiger partial charge in [0.1, 0.15) is 5.82 Å². The van der Waals surface area contributed by atoms with Crippen molar-refractivity contribution in [2.24, 2.45) is 4.99 Å². The van der Waals surface area contributed by atoms with Crippen molar-refractivity contribution in [3.05, 3.63) is 58.4 Å². The molecule has 1 amide bonds. The number of nitrogens with one attached hydrogen (secondary N) is 3. The molecule has 0 bridgehead atoms. The van der Waals surface area contributed by atoms with E-state index in [2.05, 4.69) is 25.8 Å². The summed E-state index contributed by atoms with van der Waals surface area (Å²) in [5.41, 5.74) is -0.643. The molecule has 1 heterocycles. The first-order valence-corrected chi connectivity index (χ1v) is 9.62. The summed E-state index contributed by atoms with van der Waals surface area (Å²) in [6.07, 6.45) is -3.83. The number of fused-ring (bicyclic) bond motifs is 1. The molecular formula is C20H18ClF4N5O. The molecule has 0 aliphatic rings. The van der Waals surface area contributed by atoms with Gasteiger partial charge >= 0.3 is 6.18 Å². The average molecular weight is 456 g/mol. The third-order valence-electron chi connectivity index (χ3n) is 4.48. The van der Waals surface area contributed by atoms with Gasteiger partial charge in [0.05, 0.1) is 22.1 Å². The quantitative estimate of drug-likeness (QED) is 0.281. The standard InChI is InChI=1S/C20H18ClF4N5O/c1-3-10(2)26-19(28-18(31)11-4-7-14(21)15(22)8-11)27-17-13-6-5-12(20(23,24)25)9-16(13)29-30-17/h4-10H,3H2,1-2H3,(H3,26,27,28,29,30,31). The Labute approximate surface area is 179 Å². The minimum absolute atomic E-state index is 0.0160. The molecule has 3 rings (SSSR count). The van der Waals surface area contributed by atoms with E-state index in [1.165, 1.54) is 18.2 Å². The molecule has 0 spiro atoms. The van der Waals surface area contributed by atoms with Crippen molar-refractivity contribution in [3.63, 3.8) is 0 Å². The van der Waals surface area contributed by atoms with E-state index in [9.17, 15) is 22.4 Å². The van der Waals surface area contributed by atoms with E-state index in [-0.39, 0.29) is 33.9 Å². The highest BCUT2D eigenvalue weighted by Gasteiger charge is 2.31. The Morgan fingerprint density at radius 2 is 2.00 bits per heavy atom. The average Bonchev–Trinajstić information content (AvgIpc) is 3.11. The molecule has 0 aliphatic carbocycles. The Balaban J connectivity index is 1.88. The molecule has 1 atom stereocenters. The monoisotopic (exact) mass is 455 g/mol. The summed E-state index contributed by atoms with van der Waals surface area (Å²) in [5, 5.41) is 12.1. The van der Waals surface area contributed by atoms with Crippen molar-refractivity contribution in [1.82, 2.24) is 15.5 Å². The van der Waals surface area contributed by atoms with Crippen LogP contribution in [0.2, 0.25) is 5.02 Å². The maximum Gasteiger partial charge on any atom is 0.416 e. The first kappa shape index (κ1) is 22.5. The van der Waals surface area contributed by atoms with Gasteiger partial charge in [-0.2, -0.15) is 18.3 Å². The van der Waals surface area contributed by atoms with Gasteiger partial charge in [-0.3, -0.25) is 15.2 Å². The molecule has 1 unspecified atom stereocenters. The number of rotatable bonds is 4. The minimum atomic E-state index is -4.49. The molecule has 1 aromatic heterocycles. The number of anilines is 1. The highest BCUT2D eigenvalue weighted by atomic mass is 35.5. The zero-order valence-electron chi connectivity index (χ0n) is 16.4. The van der Waals surface area contributed by atoms with E-state index < -0.39 is 23.5 Å². The summed E-state index contributed by atoms with van der Waals surface area (Å²) in [6, 6.07) is 6.54. The van der Waals surface area contributed by atoms with E-state index in [1.54, 1.807) is 0 Å². The van der Waals surface area contributed by atoms with Crippen LogP contribution in [0.3, 0.4) is 0 Å². The zero-order valence-corrected chi connectivity index (χ0v) is 17.2. The molecule has 11 heteroatoms. The second kappa shape index (κ2) is 8.93. The van der Waals surface area contributed by atoms with E-state index >= 15 is 0 Å². The fourth-order valence-corrected chi connectivity index (χ4v) is 2.75. The van der Waals surface area contributed by atoms with Gasteiger partial charge in [0.2, 0.25) is 5.96 Å². The molecule has 6 nitrogen and oxygen atoms in total. The fraction of sp³-hybridized carbons (Fsp3) is 0.250. The van der Waals surface area contributed by atoms with Crippen molar-refractivity contribution in [2.45, 2.75) is 32.5 Å². The minimum Gasteiger partial charge on any atom is -0.309 e. The number of carbonyl (C=O) groups excluding carboxylic acids is 1. The van der Waals surface area contributed by atoms with Gasteiger partial charge in [0.15, 0.2) is 5.82 Å². The van der Waals surface area contributed by atoms with Crippen LogP contribution >= 0.6 is 11.6 Å². The summed E-state index contributed by atoms with van der Waals surface area (Å²) in [7, 11) is 0. The molecular weight excluding hydrogens is 438 g/mol. The lowest BCUT2D eigenvalue weighted by Crippen LogP contribution is -2.37. The molecule has 0 fully saturated rings. The number of aromatic amines is 1. The van der Waals surface area contributed by atoms with Crippen LogP contribution in [0, 0.1) is 5.82 Å². The van der Waals surface area contributed by atoms with Crippen LogP contribution in [0.1, 0.15) is 36.2 Å². The van der Waals surface area contributed by atoms with Gasteiger partial charge in [-0.05, 0) is 49.7 Å². The first-order valence-electron chi connectivity index (χ1n) is 9.25. The van der Waals surface area contributed by atoms with E-state index in [1.807, 2.05) is 13.8 Å². The number of hydrogen-bond acceptors (Lipinski definition) is 3. The summed E-state index contributed by atoms with van der Waals surface area (Å²) >= 11 is 5.64. The number of hydrogen-bond donors (Lipinski definition) is 3. The Bertz CT molecular complexity index is 1140. The molecule has 0 aliphatic heterocycles. The van der Waals surface area contributed by atoms with Crippen molar-refractivity contribution in [3.8, 4) is 0 Å². The number of nitrogens with zero attached hydrogens (tertiary/aromatic N) is 2. The molecule has 3 N–H and O–H groups in total. The van der Waals surface area contributed by atoms with Crippen LogP contribution in [0.4, 0.5) is 23.4 Å². The highest BCUT2D eigenvalue weighted by molar-refractivity contribution is 6.30. The number of H-pyrrole nitrogens is 1. The van der Waals surface area contributed by atoms with Crippen LogP contribution in [-0.4, -0.2) is 28.1 Å². The first-order chi connectivity index (χ1) is 14.6. The number of carbonyl (C=O) groups is 1. The predicted molar refractivity (Wildman–Crippen MR) is 111 cm³/mol. The van der Waals surface area contributed by atoms with Crippen molar-refractivity contribution in [2.75, 3.05) is 5.32 Å². The van der Waals surface area contributed by atoms with E-state index in [0.717, 1.165) is 18.2 Å². The Hall–Kier alpha value is -3.14. The topological polar surface area (TPSA) is 82.2 Å². The third kappa shape index (κ3) is 5.32. The molecule has 0 radical (unpaired) electrons. The lowest BCUT2D eigenvalue weighted by atomic mass is 10.1. The number of halogens is 5. The molecule has 2 aromatic carbocycles. The second-order valence-corrected chi connectivity index (χ2v) is 7.18. The largest absolute Gasteiger partial charge is 0.416 e. The smallest absolute Gasteiger partial charge is 0.309 e. The molecule has 31 heavy (non-hydrogen) atoms. The SMILES string of the molecule is CCC(C)N=C(NC(=O)c1ccc(Cl)c(F)c1)Nc1n[nH]c2cc(C(F)(F)F)ccc12. The van der Waals surface area contributed by atoms with Crippen molar-refractivity contribution in [1.29, 1.82) is 0 Å². The lowest BCUT2D eigenvalue weighted by molar-refractivity contribution is -0.137. The molecule has 3 aromatic rings. The van der Waals surface area contributed by atoms with Gasteiger partial charge in [-0.15, -0.1) is 0 Å². The van der Waals surface area contributed by atoms with Crippen LogP contribution in [0.25, 0.3) is 10.9 Å². The van der Waals surface area contributed by atoms with Crippen molar-refractivity contribution < 1.29 is 22.4 Å². The van der Waals surface area contributed by atoms with Crippen LogP contribution < -0.4 is 10.6 Å². The molecule has 0 saturated carbocycles. The number of aromatic nitrogens is 2. The second-order valence-electron chi connectivity index (χ2n) is 6.77. The van der Waals surface area contributed by atoms with Crippen LogP contribution in [-0.2, 0) is 6.18 Å². The number of alkyl halides is 3.